The number of amides is 1. The van der Waals surface area contributed by atoms with E-state index in [0.717, 1.165) is 29.3 Å². The number of hydrogen-bond donors (Lipinski definition) is 2. The number of benzene rings is 1. The minimum absolute atomic E-state index is 0.122. The zero-order valence-electron chi connectivity index (χ0n) is 12.9. The third-order valence-electron chi connectivity index (χ3n) is 3.34. The van der Waals surface area contributed by atoms with Crippen molar-refractivity contribution in [3.8, 4) is 0 Å². The fourth-order valence-electron chi connectivity index (χ4n) is 2.09. The van der Waals surface area contributed by atoms with E-state index < -0.39 is 0 Å². The molecule has 1 aromatic carbocycles. The summed E-state index contributed by atoms with van der Waals surface area (Å²) in [6.07, 6.45) is 0. The standard InChI is InChI=1S/C17H21N3O/c1-5-18-16-10-14(9-13(4)19-16)17(21)20-15-7-6-11(2)12(3)8-15/h6-10H,5H2,1-4H3,(H,18,19)(H,20,21). The van der Waals surface area contributed by atoms with Crippen LogP contribution in [0.3, 0.4) is 0 Å². The third kappa shape index (κ3) is 3.81. The smallest absolute Gasteiger partial charge is 0.255 e. The second-order valence-corrected chi connectivity index (χ2v) is 5.17. The highest BCUT2D eigenvalue weighted by Gasteiger charge is 2.09. The van der Waals surface area contributed by atoms with Crippen molar-refractivity contribution in [2.45, 2.75) is 27.7 Å². The van der Waals surface area contributed by atoms with E-state index in [4.69, 9.17) is 0 Å². The van der Waals surface area contributed by atoms with Gasteiger partial charge in [0.25, 0.3) is 5.91 Å². The lowest BCUT2D eigenvalue weighted by molar-refractivity contribution is 0.102. The molecular formula is C17H21N3O. The van der Waals surface area contributed by atoms with E-state index in [1.807, 2.05) is 39.0 Å². The first-order valence-corrected chi connectivity index (χ1v) is 7.10. The highest BCUT2D eigenvalue weighted by atomic mass is 16.1. The monoisotopic (exact) mass is 283 g/mol. The van der Waals surface area contributed by atoms with Crippen molar-refractivity contribution < 1.29 is 4.79 Å². The molecule has 0 atom stereocenters. The average molecular weight is 283 g/mol. The summed E-state index contributed by atoms with van der Waals surface area (Å²) < 4.78 is 0. The summed E-state index contributed by atoms with van der Waals surface area (Å²) >= 11 is 0. The maximum atomic E-state index is 12.4. The second-order valence-electron chi connectivity index (χ2n) is 5.17. The number of carbonyl (C=O) groups is 1. The van der Waals surface area contributed by atoms with Crippen molar-refractivity contribution in [2.24, 2.45) is 0 Å². The zero-order chi connectivity index (χ0) is 15.4. The summed E-state index contributed by atoms with van der Waals surface area (Å²) in [5.74, 6) is 0.602. The molecule has 4 nitrogen and oxygen atoms in total. The molecule has 0 spiro atoms. The molecule has 21 heavy (non-hydrogen) atoms. The Bertz CT molecular complexity index is 665. The van der Waals surface area contributed by atoms with Crippen LogP contribution in [0.15, 0.2) is 30.3 Å². The molecule has 0 unspecified atom stereocenters. The van der Waals surface area contributed by atoms with E-state index in [1.54, 1.807) is 12.1 Å². The molecule has 0 saturated heterocycles. The maximum absolute atomic E-state index is 12.4. The Balaban J connectivity index is 2.21. The van der Waals surface area contributed by atoms with E-state index in [1.165, 1.54) is 5.56 Å². The van der Waals surface area contributed by atoms with E-state index in [2.05, 4.69) is 22.5 Å². The first-order valence-electron chi connectivity index (χ1n) is 7.10. The Morgan fingerprint density at radius 2 is 1.86 bits per heavy atom. The molecule has 1 heterocycles. The highest BCUT2D eigenvalue weighted by molar-refractivity contribution is 6.04. The van der Waals surface area contributed by atoms with Gasteiger partial charge in [0, 0.05) is 23.5 Å². The van der Waals surface area contributed by atoms with Crippen LogP contribution in [0.5, 0.6) is 0 Å². The van der Waals surface area contributed by atoms with Crippen LogP contribution < -0.4 is 10.6 Å². The van der Waals surface area contributed by atoms with Gasteiger partial charge in [0.1, 0.15) is 5.82 Å². The number of hydrogen-bond acceptors (Lipinski definition) is 3. The molecule has 0 aliphatic carbocycles. The number of carbonyl (C=O) groups excluding carboxylic acids is 1. The van der Waals surface area contributed by atoms with E-state index in [0.29, 0.717) is 5.56 Å². The van der Waals surface area contributed by atoms with Gasteiger partial charge in [-0.3, -0.25) is 4.79 Å². The largest absolute Gasteiger partial charge is 0.370 e. The minimum atomic E-state index is -0.122. The Labute approximate surface area is 125 Å². The molecule has 2 aromatic rings. The van der Waals surface area contributed by atoms with Crippen LogP contribution in [0.2, 0.25) is 0 Å². The molecule has 0 fully saturated rings. The topological polar surface area (TPSA) is 54.0 Å². The first-order chi connectivity index (χ1) is 9.99. The zero-order valence-corrected chi connectivity index (χ0v) is 12.9. The fraction of sp³-hybridized carbons (Fsp3) is 0.294. The SMILES string of the molecule is CCNc1cc(C(=O)Nc2ccc(C)c(C)c2)cc(C)n1. The number of pyridine rings is 1. The van der Waals surface area contributed by atoms with Crippen LogP contribution in [0.25, 0.3) is 0 Å². The summed E-state index contributed by atoms with van der Waals surface area (Å²) in [6.45, 7) is 8.74. The van der Waals surface area contributed by atoms with Crippen molar-refractivity contribution in [1.82, 2.24) is 4.98 Å². The molecule has 0 aliphatic rings. The number of nitrogens with zero attached hydrogens (tertiary/aromatic N) is 1. The Hall–Kier alpha value is -2.36. The number of nitrogens with one attached hydrogen (secondary N) is 2. The third-order valence-corrected chi connectivity index (χ3v) is 3.34. The fourth-order valence-corrected chi connectivity index (χ4v) is 2.09. The van der Waals surface area contributed by atoms with Gasteiger partial charge in [-0.05, 0) is 63.1 Å². The lowest BCUT2D eigenvalue weighted by Crippen LogP contribution is -2.13. The Morgan fingerprint density at radius 3 is 2.52 bits per heavy atom. The quantitative estimate of drug-likeness (QED) is 0.899. The minimum Gasteiger partial charge on any atom is -0.370 e. The molecule has 110 valence electrons. The highest BCUT2D eigenvalue weighted by Crippen LogP contribution is 2.16. The van der Waals surface area contributed by atoms with E-state index >= 15 is 0 Å². The first kappa shape index (κ1) is 15.0. The Kier molecular flexibility index (Phi) is 4.58. The number of aryl methyl sites for hydroxylation is 3. The second kappa shape index (κ2) is 6.39. The predicted octanol–water partition coefficient (Wildman–Crippen LogP) is 3.69. The van der Waals surface area contributed by atoms with Crippen molar-refractivity contribution in [3.05, 3.63) is 52.7 Å². The summed E-state index contributed by atoms with van der Waals surface area (Å²) in [5.41, 5.74) is 4.60. The van der Waals surface area contributed by atoms with Gasteiger partial charge in [0.05, 0.1) is 0 Å². The van der Waals surface area contributed by atoms with Crippen molar-refractivity contribution in [1.29, 1.82) is 0 Å². The normalized spacial score (nSPS) is 10.3. The molecular weight excluding hydrogens is 262 g/mol. The molecule has 0 bridgehead atoms. The summed E-state index contributed by atoms with van der Waals surface area (Å²) in [6, 6.07) is 9.46. The lowest BCUT2D eigenvalue weighted by Gasteiger charge is -2.10. The van der Waals surface area contributed by atoms with Crippen molar-refractivity contribution >= 4 is 17.4 Å². The van der Waals surface area contributed by atoms with Gasteiger partial charge in [0.2, 0.25) is 0 Å². The molecule has 2 rings (SSSR count). The van der Waals surface area contributed by atoms with Crippen LogP contribution in [0.4, 0.5) is 11.5 Å². The number of rotatable bonds is 4. The maximum Gasteiger partial charge on any atom is 0.255 e. The van der Waals surface area contributed by atoms with Crippen molar-refractivity contribution in [2.75, 3.05) is 17.2 Å². The lowest BCUT2D eigenvalue weighted by atomic mass is 10.1. The molecule has 0 radical (unpaired) electrons. The predicted molar refractivity (Wildman–Crippen MR) is 87.0 cm³/mol. The van der Waals surface area contributed by atoms with Gasteiger partial charge in [0.15, 0.2) is 0 Å². The van der Waals surface area contributed by atoms with Crippen LogP contribution in [-0.2, 0) is 0 Å². The summed E-state index contributed by atoms with van der Waals surface area (Å²) in [7, 11) is 0. The summed E-state index contributed by atoms with van der Waals surface area (Å²) in [5, 5.41) is 6.06. The van der Waals surface area contributed by atoms with Crippen molar-refractivity contribution in [3.63, 3.8) is 0 Å². The number of aromatic nitrogens is 1. The molecule has 2 N–H and O–H groups in total. The van der Waals surface area contributed by atoms with Gasteiger partial charge in [-0.15, -0.1) is 0 Å². The summed E-state index contributed by atoms with van der Waals surface area (Å²) in [4.78, 5) is 16.7. The van der Waals surface area contributed by atoms with Crippen LogP contribution >= 0.6 is 0 Å². The molecule has 0 aliphatic heterocycles. The molecule has 1 amide bonds. The number of anilines is 2. The average Bonchev–Trinajstić information content (AvgIpc) is 2.42. The van der Waals surface area contributed by atoms with Gasteiger partial charge >= 0.3 is 0 Å². The van der Waals surface area contributed by atoms with E-state index in [-0.39, 0.29) is 5.91 Å². The van der Waals surface area contributed by atoms with E-state index in [9.17, 15) is 4.79 Å². The van der Waals surface area contributed by atoms with Crippen LogP contribution in [0.1, 0.15) is 34.1 Å². The van der Waals surface area contributed by atoms with Gasteiger partial charge in [-0.25, -0.2) is 4.98 Å². The van der Waals surface area contributed by atoms with Gasteiger partial charge in [-0.2, -0.15) is 0 Å². The Morgan fingerprint density at radius 1 is 1.10 bits per heavy atom. The van der Waals surface area contributed by atoms with Gasteiger partial charge in [-0.1, -0.05) is 6.07 Å². The van der Waals surface area contributed by atoms with Crippen LogP contribution in [-0.4, -0.2) is 17.4 Å². The molecule has 0 saturated carbocycles. The van der Waals surface area contributed by atoms with Crippen LogP contribution in [0, 0.1) is 20.8 Å². The molecule has 1 aromatic heterocycles. The van der Waals surface area contributed by atoms with Gasteiger partial charge < -0.3 is 10.6 Å². The molecule has 4 heteroatoms.